The van der Waals surface area contributed by atoms with Crippen LogP contribution >= 0.6 is 0 Å². The SMILES string of the molecule is CCCCCC1CCN([C@H]2CC[C@H](C(=O)O[C@H]3CC[C@H](CCC)CC3)CC2)CC1. The zero-order chi connectivity index (χ0) is 20.5. The van der Waals surface area contributed by atoms with Gasteiger partial charge in [0.15, 0.2) is 0 Å². The Labute approximate surface area is 180 Å². The highest BCUT2D eigenvalue weighted by Crippen LogP contribution is 2.34. The summed E-state index contributed by atoms with van der Waals surface area (Å²) in [4.78, 5) is 15.4. The lowest BCUT2D eigenvalue weighted by Crippen LogP contribution is -2.44. The van der Waals surface area contributed by atoms with E-state index in [9.17, 15) is 4.79 Å². The first-order valence-corrected chi connectivity index (χ1v) is 13.1. The summed E-state index contributed by atoms with van der Waals surface area (Å²) in [6, 6.07) is 0.722. The van der Waals surface area contributed by atoms with Gasteiger partial charge in [0.05, 0.1) is 5.92 Å². The maximum Gasteiger partial charge on any atom is 0.309 e. The molecule has 0 radical (unpaired) electrons. The summed E-state index contributed by atoms with van der Waals surface area (Å²) >= 11 is 0. The van der Waals surface area contributed by atoms with Crippen molar-refractivity contribution in [3.63, 3.8) is 0 Å². The Kier molecular flexibility index (Phi) is 9.82. The fraction of sp³-hybridized carbons (Fsp3) is 0.962. The Morgan fingerprint density at radius 3 is 2.03 bits per heavy atom. The minimum Gasteiger partial charge on any atom is -0.462 e. The lowest BCUT2D eigenvalue weighted by atomic mass is 9.83. The zero-order valence-corrected chi connectivity index (χ0v) is 19.4. The average molecular weight is 406 g/mol. The van der Waals surface area contributed by atoms with Gasteiger partial charge >= 0.3 is 5.97 Å². The number of likely N-dealkylation sites (tertiary alicyclic amines) is 1. The number of hydrogen-bond donors (Lipinski definition) is 0. The van der Waals surface area contributed by atoms with E-state index in [1.54, 1.807) is 0 Å². The van der Waals surface area contributed by atoms with Crippen LogP contribution in [0.2, 0.25) is 0 Å². The molecular formula is C26H47NO2. The van der Waals surface area contributed by atoms with Gasteiger partial charge in [-0.25, -0.2) is 0 Å². The van der Waals surface area contributed by atoms with Crippen molar-refractivity contribution in [3.05, 3.63) is 0 Å². The van der Waals surface area contributed by atoms with E-state index in [-0.39, 0.29) is 18.0 Å². The predicted octanol–water partition coefficient (Wildman–Crippen LogP) is 6.74. The van der Waals surface area contributed by atoms with E-state index in [1.165, 1.54) is 90.1 Å². The lowest BCUT2D eigenvalue weighted by Gasteiger charge is -2.40. The van der Waals surface area contributed by atoms with Gasteiger partial charge in [0.1, 0.15) is 6.10 Å². The Bertz CT molecular complexity index is 455. The van der Waals surface area contributed by atoms with Crippen LogP contribution in [-0.2, 0) is 9.53 Å². The molecule has 3 nitrogen and oxygen atoms in total. The van der Waals surface area contributed by atoms with E-state index in [0.717, 1.165) is 43.6 Å². The third-order valence-corrected chi connectivity index (χ3v) is 8.19. The number of carbonyl (C=O) groups is 1. The molecule has 1 heterocycles. The second kappa shape index (κ2) is 12.3. The van der Waals surface area contributed by atoms with Gasteiger partial charge in [-0.2, -0.15) is 0 Å². The van der Waals surface area contributed by atoms with E-state index >= 15 is 0 Å². The fourth-order valence-corrected chi connectivity index (χ4v) is 6.17. The van der Waals surface area contributed by atoms with Crippen LogP contribution in [0, 0.1) is 17.8 Å². The van der Waals surface area contributed by atoms with Gasteiger partial charge in [-0.3, -0.25) is 4.79 Å². The number of esters is 1. The molecule has 3 aliphatic rings. The second-order valence-corrected chi connectivity index (χ2v) is 10.3. The number of hydrogen-bond acceptors (Lipinski definition) is 3. The number of piperidine rings is 1. The maximum absolute atomic E-state index is 12.7. The molecule has 1 saturated heterocycles. The first-order chi connectivity index (χ1) is 14.2. The fourth-order valence-electron chi connectivity index (χ4n) is 6.17. The van der Waals surface area contributed by atoms with Crippen molar-refractivity contribution in [1.82, 2.24) is 4.90 Å². The molecule has 29 heavy (non-hydrogen) atoms. The molecule has 0 bridgehead atoms. The van der Waals surface area contributed by atoms with Gasteiger partial charge in [0.25, 0.3) is 0 Å². The van der Waals surface area contributed by atoms with Crippen LogP contribution in [0.3, 0.4) is 0 Å². The van der Waals surface area contributed by atoms with Crippen molar-refractivity contribution in [2.45, 2.75) is 129 Å². The van der Waals surface area contributed by atoms with Gasteiger partial charge in [-0.15, -0.1) is 0 Å². The van der Waals surface area contributed by atoms with E-state index in [2.05, 4.69) is 18.7 Å². The first-order valence-electron chi connectivity index (χ1n) is 13.1. The number of carbonyl (C=O) groups excluding carboxylic acids is 1. The van der Waals surface area contributed by atoms with Crippen molar-refractivity contribution >= 4 is 5.97 Å². The van der Waals surface area contributed by atoms with Gasteiger partial charge in [0.2, 0.25) is 0 Å². The minimum absolute atomic E-state index is 0.122. The Morgan fingerprint density at radius 1 is 0.759 bits per heavy atom. The summed E-state index contributed by atoms with van der Waals surface area (Å²) in [6.45, 7) is 7.15. The summed E-state index contributed by atoms with van der Waals surface area (Å²) in [5, 5.41) is 0. The molecule has 3 fully saturated rings. The van der Waals surface area contributed by atoms with Gasteiger partial charge in [0, 0.05) is 6.04 Å². The first kappa shape index (κ1) is 23.1. The standard InChI is InChI=1S/C26H47NO2/c1-3-5-6-8-22-17-19-27(20-18-22)24-13-11-23(12-14-24)26(28)29-25-15-9-21(7-4-2)10-16-25/h21-25H,3-20H2,1-2H3/t21-,23-,24-,25-. The largest absolute Gasteiger partial charge is 0.462 e. The van der Waals surface area contributed by atoms with Crippen LogP contribution in [0.15, 0.2) is 0 Å². The maximum atomic E-state index is 12.7. The third kappa shape index (κ3) is 7.26. The van der Waals surface area contributed by atoms with Crippen molar-refractivity contribution in [2.75, 3.05) is 13.1 Å². The second-order valence-electron chi connectivity index (χ2n) is 10.3. The molecule has 0 aromatic heterocycles. The third-order valence-electron chi connectivity index (χ3n) is 8.19. The number of rotatable bonds is 9. The van der Waals surface area contributed by atoms with Crippen molar-refractivity contribution in [3.8, 4) is 0 Å². The highest BCUT2D eigenvalue weighted by atomic mass is 16.5. The van der Waals surface area contributed by atoms with E-state index < -0.39 is 0 Å². The summed E-state index contributed by atoms with van der Waals surface area (Å²) in [6.07, 6.45) is 20.4. The van der Waals surface area contributed by atoms with Crippen LogP contribution in [-0.4, -0.2) is 36.1 Å². The summed E-state index contributed by atoms with van der Waals surface area (Å²) in [5.74, 6) is 2.14. The predicted molar refractivity (Wildman–Crippen MR) is 121 cm³/mol. The topological polar surface area (TPSA) is 29.5 Å². The Hall–Kier alpha value is -0.570. The van der Waals surface area contributed by atoms with Crippen LogP contribution < -0.4 is 0 Å². The van der Waals surface area contributed by atoms with Crippen LogP contribution in [0.4, 0.5) is 0 Å². The highest BCUT2D eigenvalue weighted by molar-refractivity contribution is 5.72. The number of unbranched alkanes of at least 4 members (excludes halogenated alkanes) is 2. The average Bonchev–Trinajstić information content (AvgIpc) is 2.76. The Balaban J connectivity index is 1.31. The Morgan fingerprint density at radius 2 is 1.41 bits per heavy atom. The molecule has 0 N–H and O–H groups in total. The molecule has 0 aromatic carbocycles. The molecule has 2 saturated carbocycles. The van der Waals surface area contributed by atoms with Crippen LogP contribution in [0.5, 0.6) is 0 Å². The van der Waals surface area contributed by atoms with Crippen molar-refractivity contribution in [1.29, 1.82) is 0 Å². The van der Waals surface area contributed by atoms with E-state index in [1.807, 2.05) is 0 Å². The van der Waals surface area contributed by atoms with Gasteiger partial charge in [-0.1, -0.05) is 52.4 Å². The van der Waals surface area contributed by atoms with Gasteiger partial charge < -0.3 is 9.64 Å². The monoisotopic (exact) mass is 405 g/mol. The van der Waals surface area contributed by atoms with Crippen LogP contribution in [0.25, 0.3) is 0 Å². The molecule has 0 spiro atoms. The summed E-state index contributed by atoms with van der Waals surface area (Å²) in [7, 11) is 0. The molecule has 2 aliphatic carbocycles. The normalized spacial score (nSPS) is 32.2. The molecule has 1 aliphatic heterocycles. The van der Waals surface area contributed by atoms with Crippen molar-refractivity contribution < 1.29 is 9.53 Å². The summed E-state index contributed by atoms with van der Waals surface area (Å²) in [5.41, 5.74) is 0. The molecule has 168 valence electrons. The smallest absolute Gasteiger partial charge is 0.309 e. The molecule has 0 aromatic rings. The molecule has 0 amide bonds. The minimum atomic E-state index is 0.122. The van der Waals surface area contributed by atoms with Crippen molar-refractivity contribution in [2.24, 2.45) is 17.8 Å². The summed E-state index contributed by atoms with van der Waals surface area (Å²) < 4.78 is 5.95. The quantitative estimate of drug-likeness (QED) is 0.314. The zero-order valence-electron chi connectivity index (χ0n) is 19.4. The number of ether oxygens (including phenoxy) is 1. The van der Waals surface area contributed by atoms with E-state index in [4.69, 9.17) is 4.74 Å². The molecular weight excluding hydrogens is 358 g/mol. The van der Waals surface area contributed by atoms with Crippen LogP contribution in [0.1, 0.15) is 117 Å². The van der Waals surface area contributed by atoms with Gasteiger partial charge in [-0.05, 0) is 89.1 Å². The molecule has 0 atom stereocenters. The molecule has 0 unspecified atom stereocenters. The van der Waals surface area contributed by atoms with E-state index in [0.29, 0.717) is 0 Å². The molecule has 3 rings (SSSR count). The molecule has 3 heteroatoms. The highest BCUT2D eigenvalue weighted by Gasteiger charge is 2.33. The lowest BCUT2D eigenvalue weighted by molar-refractivity contribution is -0.157. The number of nitrogens with zero attached hydrogens (tertiary/aromatic N) is 1.